The monoisotopic (exact) mass is 1190 g/mol. The Morgan fingerprint density at radius 2 is 0.988 bits per heavy atom. The van der Waals surface area contributed by atoms with E-state index in [1.165, 1.54) is 23.5 Å². The average molecular weight is 1190 g/mol. The van der Waals surface area contributed by atoms with E-state index in [-0.39, 0.29) is 56.3 Å². The standard InChI is InChI=1S/C51H80N14O15S2/c1-25(2)40(53)48(77)65-41(26(3)4)49(78)61-33(18-21-82-6)45(74)64-36(23-37(52)66)47(76)63-35(22-27-24-57-29-11-8-7-10-28(27)29)46(75)60-32(17-20-81-5)44(73)58-30(12-9-19-56-51(54)55)42(71)59-31(13-15-38(67)68)43(72)62-34(50(79)80)14-16-39(69)70/h7-8,10-11,24-26,30-36,40-41,57H,9,12-23,53H2,1-6H3,(H2,52,66)(H,58,73)(H,59,71)(H,60,75)(H,61,78)(H,62,72)(H,63,76)(H,64,74)(H,65,77)(H,67,68)(H,69,70)(H,79,80)(H4,54,55,56)/t30-,31-,32-,33-,34-,35-,36-,40-,41-/m0/s1. The van der Waals surface area contributed by atoms with Crippen LogP contribution < -0.4 is 65.5 Å². The molecule has 82 heavy (non-hydrogen) atoms. The van der Waals surface area contributed by atoms with Gasteiger partial charge in [-0.2, -0.15) is 23.5 Å². The summed E-state index contributed by atoms with van der Waals surface area (Å²) in [6, 6.07) is -6.17. The van der Waals surface area contributed by atoms with Crippen LogP contribution in [0.2, 0.25) is 0 Å². The highest BCUT2D eigenvalue weighted by Gasteiger charge is 2.36. The molecule has 0 saturated carbocycles. The van der Waals surface area contributed by atoms with Gasteiger partial charge in [0.15, 0.2) is 5.96 Å². The van der Waals surface area contributed by atoms with E-state index in [4.69, 9.17) is 28.0 Å². The Morgan fingerprint density at radius 3 is 1.46 bits per heavy atom. The highest BCUT2D eigenvalue weighted by Crippen LogP contribution is 2.20. The highest BCUT2D eigenvalue weighted by atomic mass is 32.2. The molecule has 456 valence electrons. The van der Waals surface area contributed by atoms with Gasteiger partial charge in [-0.3, -0.25) is 57.7 Å². The summed E-state index contributed by atoms with van der Waals surface area (Å²) in [5.74, 6) is -13.3. The number of benzene rings is 1. The number of nitrogens with zero attached hydrogens (tertiary/aromatic N) is 1. The van der Waals surface area contributed by atoms with Gasteiger partial charge >= 0.3 is 17.9 Å². The largest absolute Gasteiger partial charge is 0.481 e. The van der Waals surface area contributed by atoms with Crippen LogP contribution in [0.3, 0.4) is 0 Å². The summed E-state index contributed by atoms with van der Waals surface area (Å²) in [4.78, 5) is 166. The Balaban J connectivity index is 2.60. The third-order valence-electron chi connectivity index (χ3n) is 12.6. The first-order valence-electron chi connectivity index (χ1n) is 26.3. The number of aromatic nitrogens is 1. The smallest absolute Gasteiger partial charge is 0.326 e. The highest BCUT2D eigenvalue weighted by molar-refractivity contribution is 7.98. The zero-order valence-corrected chi connectivity index (χ0v) is 48.4. The molecule has 2 aromatic rings. The number of nitrogens with one attached hydrogen (secondary N) is 9. The first-order chi connectivity index (χ1) is 38.6. The van der Waals surface area contributed by atoms with Gasteiger partial charge in [0.2, 0.25) is 53.2 Å². The molecule has 1 aromatic carbocycles. The Kier molecular flexibility index (Phi) is 30.9. The minimum atomic E-state index is -1.75. The minimum Gasteiger partial charge on any atom is -0.481 e. The van der Waals surface area contributed by atoms with Crippen molar-refractivity contribution in [2.75, 3.05) is 30.6 Å². The topological polar surface area (TPSA) is 494 Å². The van der Waals surface area contributed by atoms with E-state index in [1.807, 2.05) is 0 Å². The summed E-state index contributed by atoms with van der Waals surface area (Å²) in [6.07, 6.45) is 1.28. The fraction of sp³-hybridized carbons (Fsp3) is 0.588. The van der Waals surface area contributed by atoms with Crippen LogP contribution in [0.5, 0.6) is 0 Å². The van der Waals surface area contributed by atoms with Crippen LogP contribution in [0.4, 0.5) is 0 Å². The van der Waals surface area contributed by atoms with Gasteiger partial charge in [0.25, 0.3) is 0 Å². The Morgan fingerprint density at radius 1 is 0.549 bits per heavy atom. The molecule has 9 atom stereocenters. The molecule has 20 N–H and O–H groups in total. The lowest BCUT2D eigenvalue weighted by atomic mass is 9.99. The maximum atomic E-state index is 14.7. The van der Waals surface area contributed by atoms with E-state index < -0.39 is 163 Å². The molecule has 2 rings (SSSR count). The molecule has 31 heteroatoms. The number of guanidine groups is 1. The number of hydrogen-bond acceptors (Lipinski definition) is 16. The van der Waals surface area contributed by atoms with Crippen molar-refractivity contribution in [2.45, 2.75) is 146 Å². The number of thioether (sulfide) groups is 2. The molecule has 0 radical (unpaired) electrons. The van der Waals surface area contributed by atoms with Crippen molar-refractivity contribution >= 4 is 111 Å². The number of hydrogen-bond donors (Lipinski definition) is 16. The molecule has 0 saturated heterocycles. The molecule has 0 fully saturated rings. The molecule has 0 aliphatic heterocycles. The summed E-state index contributed by atoms with van der Waals surface area (Å²) >= 11 is 2.63. The maximum absolute atomic E-state index is 14.7. The van der Waals surface area contributed by atoms with Crippen LogP contribution in [0, 0.1) is 11.8 Å². The second-order valence-corrected chi connectivity index (χ2v) is 21.8. The lowest BCUT2D eigenvalue weighted by Crippen LogP contribution is -2.61. The van der Waals surface area contributed by atoms with Gasteiger partial charge in [-0.15, -0.1) is 0 Å². The number of aliphatic imine (C=N–C) groups is 1. The average Bonchev–Trinajstić information content (AvgIpc) is 4.00. The summed E-state index contributed by atoms with van der Waals surface area (Å²) in [5, 5.41) is 48.9. The van der Waals surface area contributed by atoms with Crippen LogP contribution in [0.25, 0.3) is 10.9 Å². The molecule has 1 heterocycles. The summed E-state index contributed by atoms with van der Waals surface area (Å²) < 4.78 is 0. The molecular weight excluding hydrogens is 1110 g/mol. The van der Waals surface area contributed by atoms with E-state index in [1.54, 1.807) is 70.7 Å². The van der Waals surface area contributed by atoms with Crippen molar-refractivity contribution in [3.8, 4) is 0 Å². The third-order valence-corrected chi connectivity index (χ3v) is 13.9. The summed E-state index contributed by atoms with van der Waals surface area (Å²) in [6.45, 7) is 6.76. The van der Waals surface area contributed by atoms with Crippen molar-refractivity contribution < 1.29 is 72.9 Å². The van der Waals surface area contributed by atoms with E-state index >= 15 is 0 Å². The Hall–Kier alpha value is -7.67. The normalized spacial score (nSPS) is 14.5. The van der Waals surface area contributed by atoms with Gasteiger partial charge in [0, 0.05) is 42.9 Å². The van der Waals surface area contributed by atoms with E-state index in [2.05, 4.69) is 52.5 Å². The van der Waals surface area contributed by atoms with Crippen molar-refractivity contribution in [2.24, 2.45) is 39.8 Å². The van der Waals surface area contributed by atoms with Gasteiger partial charge in [-0.1, -0.05) is 45.9 Å². The summed E-state index contributed by atoms with van der Waals surface area (Å²) in [5.41, 5.74) is 23.8. The Labute approximate surface area is 482 Å². The fourth-order valence-corrected chi connectivity index (χ4v) is 8.91. The zero-order valence-electron chi connectivity index (χ0n) is 46.7. The fourth-order valence-electron chi connectivity index (χ4n) is 7.97. The lowest BCUT2D eigenvalue weighted by Gasteiger charge is -2.28. The summed E-state index contributed by atoms with van der Waals surface area (Å²) in [7, 11) is 0. The predicted molar refractivity (Wildman–Crippen MR) is 306 cm³/mol. The van der Waals surface area contributed by atoms with Crippen LogP contribution in [0.1, 0.15) is 91.0 Å². The zero-order chi connectivity index (χ0) is 61.8. The minimum absolute atomic E-state index is 0.0249. The number of carboxylic acids is 3. The van der Waals surface area contributed by atoms with Crippen molar-refractivity contribution in [1.82, 2.24) is 47.5 Å². The number of aromatic amines is 1. The van der Waals surface area contributed by atoms with Crippen molar-refractivity contribution in [1.29, 1.82) is 0 Å². The van der Waals surface area contributed by atoms with Gasteiger partial charge < -0.3 is 85.8 Å². The van der Waals surface area contributed by atoms with Gasteiger partial charge in [0.05, 0.1) is 12.5 Å². The third kappa shape index (κ3) is 25.0. The molecule has 0 spiro atoms. The molecule has 29 nitrogen and oxygen atoms in total. The quantitative estimate of drug-likeness (QED) is 0.0187. The first kappa shape index (κ1) is 70.4. The number of rotatable bonds is 39. The van der Waals surface area contributed by atoms with Crippen molar-refractivity contribution in [3.05, 3.63) is 36.0 Å². The van der Waals surface area contributed by atoms with Crippen LogP contribution >= 0.6 is 23.5 Å². The van der Waals surface area contributed by atoms with Gasteiger partial charge in [-0.25, -0.2) is 4.79 Å². The lowest BCUT2D eigenvalue weighted by molar-refractivity contribution is -0.144. The van der Waals surface area contributed by atoms with Gasteiger partial charge in [0.1, 0.15) is 48.3 Å². The van der Waals surface area contributed by atoms with Gasteiger partial charge in [-0.05, 0) is 86.0 Å². The number of aliphatic carboxylic acids is 3. The number of fused-ring (bicyclic) bond motifs is 1. The number of primary amides is 1. The molecule has 1 aromatic heterocycles. The van der Waals surface area contributed by atoms with Crippen LogP contribution in [0.15, 0.2) is 35.5 Å². The SMILES string of the molecule is CSCC[C@H](NC(=O)[C@H](Cc1c[nH]c2ccccc12)NC(=O)[C@H](CC(N)=O)NC(=O)[C@H](CCSC)NC(=O)[C@@H](NC(=O)[C@@H](N)C(C)C)C(C)C)C(=O)N[C@@H](CCCN=C(N)N)C(=O)N[C@@H](CCC(=O)O)C(=O)N[C@@H](CCC(=O)O)C(=O)O. The molecule has 0 aliphatic carbocycles. The molecule has 0 aliphatic rings. The first-order valence-corrected chi connectivity index (χ1v) is 29.1. The number of amides is 9. The number of carboxylic acid groups (broad SMARTS) is 3. The van der Waals surface area contributed by atoms with E-state index in [0.29, 0.717) is 22.2 Å². The molecular formula is C51H80N14O15S2. The number of H-pyrrole nitrogens is 1. The number of carbonyl (C=O) groups excluding carboxylic acids is 9. The maximum Gasteiger partial charge on any atom is 0.326 e. The number of carbonyl (C=O) groups is 12. The van der Waals surface area contributed by atoms with E-state index in [0.717, 1.165) is 0 Å². The Bertz CT molecular complexity index is 2580. The number of nitrogens with two attached hydrogens (primary N) is 4. The molecule has 0 bridgehead atoms. The second kappa shape index (κ2) is 35.9. The molecule has 9 amide bonds. The van der Waals surface area contributed by atoms with E-state index in [9.17, 15) is 67.7 Å². The van der Waals surface area contributed by atoms with Crippen LogP contribution in [-0.4, -0.2) is 182 Å². The van der Waals surface area contributed by atoms with Crippen LogP contribution in [-0.2, 0) is 64.0 Å². The molecule has 0 unspecified atom stereocenters. The van der Waals surface area contributed by atoms with Crippen molar-refractivity contribution in [3.63, 3.8) is 0 Å². The predicted octanol–water partition coefficient (Wildman–Crippen LogP) is -2.52. The number of para-hydroxylation sites is 1. The second-order valence-electron chi connectivity index (χ2n) is 19.9.